The molecule has 0 radical (unpaired) electrons. The zero-order valence-corrected chi connectivity index (χ0v) is 17.0. The maximum atomic E-state index is 12.7. The molecule has 1 aliphatic heterocycles. The Balaban J connectivity index is 1.74. The van der Waals surface area contributed by atoms with E-state index in [1.807, 2.05) is 44.2 Å². The lowest BCUT2D eigenvalue weighted by Crippen LogP contribution is -2.28. The van der Waals surface area contributed by atoms with E-state index >= 15 is 0 Å². The van der Waals surface area contributed by atoms with Crippen molar-refractivity contribution < 1.29 is 9.59 Å². The third-order valence-corrected chi connectivity index (χ3v) is 5.57. The van der Waals surface area contributed by atoms with Crippen LogP contribution in [-0.2, 0) is 16.0 Å². The van der Waals surface area contributed by atoms with E-state index in [4.69, 9.17) is 11.6 Å². The van der Waals surface area contributed by atoms with Gasteiger partial charge in [-0.2, -0.15) is 0 Å². The number of amides is 2. The van der Waals surface area contributed by atoms with Gasteiger partial charge in [0, 0.05) is 33.8 Å². The normalized spacial score (nSPS) is 16.8. The minimum Gasteiger partial charge on any atom is -0.326 e. The minimum atomic E-state index is -0.379. The molecule has 2 aromatic rings. The molecule has 0 saturated carbocycles. The minimum absolute atomic E-state index is 0.0587. The molecule has 0 unspecified atom stereocenters. The van der Waals surface area contributed by atoms with Crippen molar-refractivity contribution in [1.29, 1.82) is 0 Å². The van der Waals surface area contributed by atoms with Gasteiger partial charge >= 0.3 is 0 Å². The summed E-state index contributed by atoms with van der Waals surface area (Å²) in [7, 11) is 0. The predicted octanol–water partition coefficient (Wildman–Crippen LogP) is 4.96. The average molecular weight is 436 g/mol. The molecule has 4 nitrogen and oxygen atoms in total. The summed E-state index contributed by atoms with van der Waals surface area (Å²) in [6.45, 7) is 4.32. The summed E-state index contributed by atoms with van der Waals surface area (Å²) in [5, 5.41) is 3.60. The summed E-state index contributed by atoms with van der Waals surface area (Å²) in [5.74, 6) is -0.566. The molecule has 1 heterocycles. The van der Waals surface area contributed by atoms with Crippen molar-refractivity contribution in [3.8, 4) is 0 Å². The number of aryl methyl sites for hydroxylation is 2. The Kier molecular flexibility index (Phi) is 5.68. The fourth-order valence-corrected chi connectivity index (χ4v) is 3.68. The van der Waals surface area contributed by atoms with Gasteiger partial charge in [-0.05, 0) is 54.8 Å². The van der Waals surface area contributed by atoms with Crippen LogP contribution in [0.1, 0.15) is 24.5 Å². The summed E-state index contributed by atoms with van der Waals surface area (Å²) < 4.78 is 0.978. The van der Waals surface area contributed by atoms with Crippen LogP contribution in [0.4, 0.5) is 11.4 Å². The Hall–Kier alpha value is -1.85. The van der Waals surface area contributed by atoms with Gasteiger partial charge in [0.15, 0.2) is 0 Å². The first-order valence-electron chi connectivity index (χ1n) is 8.55. The quantitative estimate of drug-likeness (QED) is 0.737. The molecule has 1 N–H and O–H groups in total. The van der Waals surface area contributed by atoms with Crippen molar-refractivity contribution in [2.75, 3.05) is 16.8 Å². The molecule has 0 aromatic heterocycles. The SMILES string of the molecule is CCc1cc(Br)ccc1NC(=O)[C@@H]1CC(=O)N(c2ccc(C)c(Cl)c2)C1. The number of hydrogen-bond donors (Lipinski definition) is 1. The molecule has 3 rings (SSSR count). The van der Waals surface area contributed by atoms with Gasteiger partial charge in [0.1, 0.15) is 0 Å². The fourth-order valence-electron chi connectivity index (χ4n) is 3.09. The molecule has 1 fully saturated rings. The summed E-state index contributed by atoms with van der Waals surface area (Å²) in [6, 6.07) is 11.3. The molecule has 1 aliphatic rings. The van der Waals surface area contributed by atoms with Gasteiger partial charge in [-0.25, -0.2) is 0 Å². The van der Waals surface area contributed by atoms with Crippen molar-refractivity contribution in [2.24, 2.45) is 5.92 Å². The van der Waals surface area contributed by atoms with Crippen LogP contribution in [0.5, 0.6) is 0 Å². The molecule has 26 heavy (non-hydrogen) atoms. The van der Waals surface area contributed by atoms with Crippen molar-refractivity contribution >= 4 is 50.7 Å². The Labute approximate surface area is 166 Å². The molecule has 2 amide bonds. The number of nitrogens with one attached hydrogen (secondary N) is 1. The Morgan fingerprint density at radius 1 is 1.31 bits per heavy atom. The standard InChI is InChI=1S/C20H20BrClN2O2/c1-3-13-8-15(21)5-7-18(13)23-20(26)14-9-19(25)24(11-14)16-6-4-12(2)17(22)10-16/h4-8,10,14H,3,9,11H2,1-2H3,(H,23,26)/t14-/m1/s1. The number of rotatable bonds is 4. The van der Waals surface area contributed by atoms with Gasteiger partial charge in [-0.3, -0.25) is 9.59 Å². The molecule has 1 saturated heterocycles. The molecule has 0 spiro atoms. The molecule has 136 valence electrons. The Morgan fingerprint density at radius 3 is 2.77 bits per heavy atom. The van der Waals surface area contributed by atoms with E-state index in [1.54, 1.807) is 11.0 Å². The summed E-state index contributed by atoms with van der Waals surface area (Å²) in [4.78, 5) is 26.7. The van der Waals surface area contributed by atoms with Gasteiger partial charge in [0.25, 0.3) is 0 Å². The van der Waals surface area contributed by atoms with Crippen LogP contribution >= 0.6 is 27.5 Å². The molecular weight excluding hydrogens is 416 g/mol. The smallest absolute Gasteiger partial charge is 0.229 e. The number of anilines is 2. The van der Waals surface area contributed by atoms with Gasteiger partial charge in [-0.15, -0.1) is 0 Å². The molecule has 6 heteroatoms. The Bertz CT molecular complexity index is 869. The van der Waals surface area contributed by atoms with Crippen molar-refractivity contribution in [2.45, 2.75) is 26.7 Å². The molecule has 1 atom stereocenters. The third kappa shape index (κ3) is 3.94. The largest absolute Gasteiger partial charge is 0.326 e. The average Bonchev–Trinajstić information content (AvgIpc) is 3.00. The molecule has 2 aromatic carbocycles. The first-order chi connectivity index (χ1) is 12.4. The number of carbonyl (C=O) groups excluding carboxylic acids is 2. The first kappa shape index (κ1) is 18.9. The van der Waals surface area contributed by atoms with Crippen molar-refractivity contribution in [1.82, 2.24) is 0 Å². The molecule has 0 aliphatic carbocycles. The van der Waals surface area contributed by atoms with E-state index in [1.165, 1.54) is 0 Å². The number of halogens is 2. The lowest BCUT2D eigenvalue weighted by molar-refractivity contribution is -0.122. The van der Waals surface area contributed by atoms with Gasteiger partial charge in [0.05, 0.1) is 5.92 Å². The van der Waals surface area contributed by atoms with Crippen molar-refractivity contribution in [3.05, 3.63) is 57.0 Å². The van der Waals surface area contributed by atoms with E-state index in [0.29, 0.717) is 11.6 Å². The number of benzene rings is 2. The molecular formula is C20H20BrClN2O2. The zero-order chi connectivity index (χ0) is 18.8. The van der Waals surface area contributed by atoms with Gasteiger partial charge in [0.2, 0.25) is 11.8 Å². The van der Waals surface area contributed by atoms with Crippen LogP contribution in [0.2, 0.25) is 5.02 Å². The van der Waals surface area contributed by atoms with Crippen LogP contribution in [0.25, 0.3) is 0 Å². The monoisotopic (exact) mass is 434 g/mol. The van der Waals surface area contributed by atoms with Crippen LogP contribution in [0, 0.1) is 12.8 Å². The maximum absolute atomic E-state index is 12.7. The third-order valence-electron chi connectivity index (χ3n) is 4.67. The van der Waals surface area contributed by atoms with Crippen LogP contribution < -0.4 is 10.2 Å². The predicted molar refractivity (Wildman–Crippen MR) is 109 cm³/mol. The van der Waals surface area contributed by atoms with E-state index in [-0.39, 0.29) is 24.2 Å². The maximum Gasteiger partial charge on any atom is 0.229 e. The number of hydrogen-bond acceptors (Lipinski definition) is 2. The van der Waals surface area contributed by atoms with Gasteiger partial charge < -0.3 is 10.2 Å². The number of nitrogens with zero attached hydrogens (tertiary/aromatic N) is 1. The van der Waals surface area contributed by atoms with Gasteiger partial charge in [-0.1, -0.05) is 40.5 Å². The van der Waals surface area contributed by atoms with Crippen LogP contribution in [-0.4, -0.2) is 18.4 Å². The van der Waals surface area contributed by atoms with Crippen molar-refractivity contribution in [3.63, 3.8) is 0 Å². The van der Waals surface area contributed by atoms with E-state index in [2.05, 4.69) is 21.2 Å². The van der Waals surface area contributed by atoms with Crippen LogP contribution in [0.3, 0.4) is 0 Å². The second kappa shape index (κ2) is 7.80. The summed E-state index contributed by atoms with van der Waals surface area (Å²) in [6.07, 6.45) is 1.02. The topological polar surface area (TPSA) is 49.4 Å². The number of carbonyl (C=O) groups is 2. The van der Waals surface area contributed by atoms with Crippen LogP contribution in [0.15, 0.2) is 40.9 Å². The summed E-state index contributed by atoms with van der Waals surface area (Å²) >= 11 is 9.62. The highest BCUT2D eigenvalue weighted by Gasteiger charge is 2.35. The summed E-state index contributed by atoms with van der Waals surface area (Å²) in [5.41, 5.74) is 3.54. The first-order valence-corrected chi connectivity index (χ1v) is 9.72. The van der Waals surface area contributed by atoms with E-state index in [9.17, 15) is 9.59 Å². The zero-order valence-electron chi connectivity index (χ0n) is 14.7. The lowest BCUT2D eigenvalue weighted by atomic mass is 10.1. The highest BCUT2D eigenvalue weighted by atomic mass is 79.9. The lowest BCUT2D eigenvalue weighted by Gasteiger charge is -2.18. The Morgan fingerprint density at radius 2 is 2.08 bits per heavy atom. The fraction of sp³-hybridized carbons (Fsp3) is 0.300. The molecule has 0 bridgehead atoms. The van der Waals surface area contributed by atoms with E-state index < -0.39 is 0 Å². The highest BCUT2D eigenvalue weighted by Crippen LogP contribution is 2.30. The van der Waals surface area contributed by atoms with E-state index in [0.717, 1.165) is 33.4 Å². The highest BCUT2D eigenvalue weighted by molar-refractivity contribution is 9.10. The second-order valence-corrected chi connectivity index (χ2v) is 7.81. The second-order valence-electron chi connectivity index (χ2n) is 6.48.